The zero-order valence-electron chi connectivity index (χ0n) is 9.44. The van der Waals surface area contributed by atoms with Gasteiger partial charge in [-0.3, -0.25) is 0 Å². The van der Waals surface area contributed by atoms with Crippen LogP contribution in [0.1, 0.15) is 44.6 Å². The van der Waals surface area contributed by atoms with Gasteiger partial charge in [0.25, 0.3) is 0 Å². The predicted octanol–water partition coefficient (Wildman–Crippen LogP) is 2.78. The summed E-state index contributed by atoms with van der Waals surface area (Å²) in [5.41, 5.74) is 1.16. The molecule has 1 aromatic heterocycles. The van der Waals surface area contributed by atoms with Gasteiger partial charge in [-0.25, -0.2) is 0 Å². The summed E-state index contributed by atoms with van der Waals surface area (Å²) < 4.78 is 5.73. The van der Waals surface area contributed by atoms with E-state index in [0.29, 0.717) is 5.92 Å². The molecule has 1 heterocycles. The lowest BCUT2D eigenvalue weighted by molar-refractivity contribution is 0.172. The van der Waals surface area contributed by atoms with Crippen LogP contribution in [0.15, 0.2) is 12.3 Å². The molecule has 3 heteroatoms. The van der Waals surface area contributed by atoms with Crippen molar-refractivity contribution in [2.45, 2.75) is 39.0 Å². The summed E-state index contributed by atoms with van der Waals surface area (Å²) in [6.07, 6.45) is 5.69. The van der Waals surface area contributed by atoms with Crippen molar-refractivity contribution >= 4 is 0 Å². The Morgan fingerprint density at radius 2 is 2.27 bits per heavy atom. The van der Waals surface area contributed by atoms with Crippen LogP contribution in [-0.4, -0.2) is 16.8 Å². The van der Waals surface area contributed by atoms with Crippen LogP contribution in [0.2, 0.25) is 0 Å². The molecule has 0 bridgehead atoms. The third-order valence-electron chi connectivity index (χ3n) is 3.02. The first-order chi connectivity index (χ1) is 7.27. The Balaban J connectivity index is 1.99. The quantitative estimate of drug-likeness (QED) is 0.759. The SMILES string of the molecule is CC(C)c1ccnnc1OCC1CCC1. The Kier molecular flexibility index (Phi) is 3.19. The first-order valence-electron chi connectivity index (χ1n) is 5.71. The highest BCUT2D eigenvalue weighted by Crippen LogP contribution is 2.28. The minimum absolute atomic E-state index is 0.442. The standard InChI is InChI=1S/C12H18N2O/c1-9(2)11-6-7-13-14-12(11)15-8-10-4-3-5-10/h6-7,9-10H,3-5,8H2,1-2H3. The van der Waals surface area contributed by atoms with Crippen molar-refractivity contribution in [3.8, 4) is 5.88 Å². The zero-order valence-corrected chi connectivity index (χ0v) is 9.44. The molecule has 82 valence electrons. The van der Waals surface area contributed by atoms with Crippen LogP contribution in [0.25, 0.3) is 0 Å². The highest BCUT2D eigenvalue weighted by Gasteiger charge is 2.19. The number of ether oxygens (including phenoxy) is 1. The predicted molar refractivity (Wildman–Crippen MR) is 59.0 cm³/mol. The van der Waals surface area contributed by atoms with Crippen LogP contribution < -0.4 is 4.74 Å². The van der Waals surface area contributed by atoms with Crippen molar-refractivity contribution in [3.63, 3.8) is 0 Å². The molecular formula is C12H18N2O. The number of aromatic nitrogens is 2. The first-order valence-corrected chi connectivity index (χ1v) is 5.71. The third kappa shape index (κ3) is 2.46. The van der Waals surface area contributed by atoms with Crippen LogP contribution in [0.3, 0.4) is 0 Å². The Bertz CT molecular complexity index is 321. The molecule has 0 amide bonds. The fourth-order valence-corrected chi connectivity index (χ4v) is 1.74. The minimum atomic E-state index is 0.442. The van der Waals surface area contributed by atoms with Gasteiger partial charge in [0.05, 0.1) is 12.8 Å². The van der Waals surface area contributed by atoms with Crippen LogP contribution in [0.4, 0.5) is 0 Å². The molecular weight excluding hydrogens is 188 g/mol. The van der Waals surface area contributed by atoms with Crippen molar-refractivity contribution in [1.82, 2.24) is 10.2 Å². The minimum Gasteiger partial charge on any atom is -0.476 e. The van der Waals surface area contributed by atoms with Crippen LogP contribution in [0, 0.1) is 5.92 Å². The van der Waals surface area contributed by atoms with Gasteiger partial charge in [-0.05, 0) is 30.7 Å². The van der Waals surface area contributed by atoms with E-state index in [0.717, 1.165) is 24.0 Å². The maximum absolute atomic E-state index is 5.73. The molecule has 15 heavy (non-hydrogen) atoms. The molecule has 0 unspecified atom stereocenters. The Hall–Kier alpha value is -1.12. The molecule has 0 saturated heterocycles. The molecule has 0 atom stereocenters. The van der Waals surface area contributed by atoms with Crippen molar-refractivity contribution in [1.29, 1.82) is 0 Å². The molecule has 1 aliphatic carbocycles. The van der Waals surface area contributed by atoms with Gasteiger partial charge in [0.2, 0.25) is 5.88 Å². The van der Waals surface area contributed by atoms with Crippen LogP contribution in [-0.2, 0) is 0 Å². The summed E-state index contributed by atoms with van der Waals surface area (Å²) in [5.74, 6) is 1.91. The maximum atomic E-state index is 5.73. The number of hydrogen-bond donors (Lipinski definition) is 0. The van der Waals surface area contributed by atoms with E-state index in [9.17, 15) is 0 Å². The van der Waals surface area contributed by atoms with Crippen molar-refractivity contribution < 1.29 is 4.74 Å². The number of rotatable bonds is 4. The second kappa shape index (κ2) is 4.60. The fraction of sp³-hybridized carbons (Fsp3) is 0.667. The smallest absolute Gasteiger partial charge is 0.236 e. The topological polar surface area (TPSA) is 35.0 Å². The Morgan fingerprint density at radius 1 is 1.47 bits per heavy atom. The van der Waals surface area contributed by atoms with Gasteiger partial charge in [-0.2, -0.15) is 5.10 Å². The molecule has 0 N–H and O–H groups in total. The van der Waals surface area contributed by atoms with Gasteiger partial charge < -0.3 is 4.74 Å². The average molecular weight is 206 g/mol. The Morgan fingerprint density at radius 3 is 2.87 bits per heavy atom. The summed E-state index contributed by atoms with van der Waals surface area (Å²) in [6.45, 7) is 5.10. The lowest BCUT2D eigenvalue weighted by atomic mass is 9.86. The van der Waals surface area contributed by atoms with Gasteiger partial charge in [0, 0.05) is 5.56 Å². The lowest BCUT2D eigenvalue weighted by Crippen LogP contribution is -2.20. The van der Waals surface area contributed by atoms with E-state index in [2.05, 4.69) is 24.0 Å². The second-order valence-electron chi connectivity index (χ2n) is 4.55. The summed E-state index contributed by atoms with van der Waals surface area (Å²) in [6, 6.07) is 1.99. The van der Waals surface area contributed by atoms with Gasteiger partial charge in [0.15, 0.2) is 0 Å². The molecule has 2 rings (SSSR count). The first kappa shape index (κ1) is 10.4. The summed E-state index contributed by atoms with van der Waals surface area (Å²) in [7, 11) is 0. The largest absolute Gasteiger partial charge is 0.476 e. The summed E-state index contributed by atoms with van der Waals surface area (Å²) in [4.78, 5) is 0. The van der Waals surface area contributed by atoms with E-state index in [1.807, 2.05) is 6.07 Å². The van der Waals surface area contributed by atoms with E-state index in [-0.39, 0.29) is 0 Å². The highest BCUT2D eigenvalue weighted by molar-refractivity contribution is 5.26. The second-order valence-corrected chi connectivity index (χ2v) is 4.55. The van der Waals surface area contributed by atoms with Gasteiger partial charge in [0.1, 0.15) is 0 Å². The molecule has 1 fully saturated rings. The highest BCUT2D eigenvalue weighted by atomic mass is 16.5. The van der Waals surface area contributed by atoms with E-state index in [1.54, 1.807) is 6.20 Å². The maximum Gasteiger partial charge on any atom is 0.236 e. The molecule has 0 radical (unpaired) electrons. The van der Waals surface area contributed by atoms with E-state index >= 15 is 0 Å². The average Bonchev–Trinajstić information content (AvgIpc) is 2.16. The van der Waals surface area contributed by atoms with E-state index < -0.39 is 0 Å². The van der Waals surface area contributed by atoms with Crippen LogP contribution >= 0.6 is 0 Å². The molecule has 0 aliphatic heterocycles. The molecule has 0 aromatic carbocycles. The molecule has 3 nitrogen and oxygen atoms in total. The fourth-order valence-electron chi connectivity index (χ4n) is 1.74. The van der Waals surface area contributed by atoms with Gasteiger partial charge >= 0.3 is 0 Å². The molecule has 0 spiro atoms. The monoisotopic (exact) mass is 206 g/mol. The summed E-state index contributed by atoms with van der Waals surface area (Å²) in [5, 5.41) is 7.93. The van der Waals surface area contributed by atoms with Gasteiger partial charge in [-0.1, -0.05) is 20.3 Å². The molecule has 1 aliphatic rings. The molecule has 1 saturated carbocycles. The molecule has 1 aromatic rings. The van der Waals surface area contributed by atoms with Crippen molar-refractivity contribution in [2.75, 3.05) is 6.61 Å². The van der Waals surface area contributed by atoms with E-state index in [1.165, 1.54) is 19.3 Å². The number of hydrogen-bond acceptors (Lipinski definition) is 3. The lowest BCUT2D eigenvalue weighted by Gasteiger charge is -2.25. The normalized spacial score (nSPS) is 16.5. The van der Waals surface area contributed by atoms with Gasteiger partial charge in [-0.15, -0.1) is 5.10 Å². The van der Waals surface area contributed by atoms with Crippen LogP contribution in [0.5, 0.6) is 5.88 Å². The Labute approximate surface area is 90.9 Å². The van der Waals surface area contributed by atoms with E-state index in [4.69, 9.17) is 4.74 Å². The van der Waals surface area contributed by atoms with Crippen molar-refractivity contribution in [2.24, 2.45) is 5.92 Å². The number of nitrogens with zero attached hydrogens (tertiary/aromatic N) is 2. The third-order valence-corrected chi connectivity index (χ3v) is 3.02. The zero-order chi connectivity index (χ0) is 10.7. The summed E-state index contributed by atoms with van der Waals surface area (Å²) >= 11 is 0. The van der Waals surface area contributed by atoms with Crippen molar-refractivity contribution in [3.05, 3.63) is 17.8 Å².